The number of nitrogens with zero attached hydrogens (tertiary/aromatic N) is 3. The summed E-state index contributed by atoms with van der Waals surface area (Å²) in [5.74, 6) is -0.390. The van der Waals surface area contributed by atoms with Crippen molar-refractivity contribution >= 4 is 11.5 Å². The molecule has 1 fully saturated rings. The van der Waals surface area contributed by atoms with Crippen LogP contribution in [0.25, 0.3) is 0 Å². The fourth-order valence-electron chi connectivity index (χ4n) is 1.91. The third-order valence-electron chi connectivity index (χ3n) is 2.67. The fourth-order valence-corrected chi connectivity index (χ4v) is 1.91. The van der Waals surface area contributed by atoms with Crippen LogP contribution < -0.4 is 4.90 Å². The lowest BCUT2D eigenvalue weighted by atomic mass is 10.1. The highest BCUT2D eigenvalue weighted by Crippen LogP contribution is 2.28. The lowest BCUT2D eigenvalue weighted by Gasteiger charge is -2.27. The summed E-state index contributed by atoms with van der Waals surface area (Å²) >= 11 is 0. The maximum atomic E-state index is 12.9. The highest BCUT2D eigenvalue weighted by molar-refractivity contribution is 5.57. The number of piperidine rings is 1. The van der Waals surface area contributed by atoms with Crippen LogP contribution in [0.3, 0.4) is 0 Å². The molecule has 86 valence electrons. The molecule has 0 atom stereocenters. The van der Waals surface area contributed by atoms with E-state index in [0.717, 1.165) is 44.6 Å². The molecule has 0 unspecified atom stereocenters. The molecule has 1 aromatic rings. The minimum atomic E-state index is -0.674. The summed E-state index contributed by atoms with van der Waals surface area (Å²) in [4.78, 5) is 15.9. The van der Waals surface area contributed by atoms with Gasteiger partial charge in [-0.25, -0.2) is 9.37 Å². The average Bonchev–Trinajstić information content (AvgIpc) is 2.30. The predicted octanol–water partition coefficient (Wildman–Crippen LogP) is 2.12. The van der Waals surface area contributed by atoms with Crippen molar-refractivity contribution in [1.29, 1.82) is 0 Å². The molecule has 1 aliphatic heterocycles. The van der Waals surface area contributed by atoms with Crippen molar-refractivity contribution in [3.63, 3.8) is 0 Å². The van der Waals surface area contributed by atoms with E-state index in [9.17, 15) is 14.5 Å². The Balaban J connectivity index is 2.34. The van der Waals surface area contributed by atoms with E-state index in [4.69, 9.17) is 0 Å². The molecule has 0 aliphatic carbocycles. The van der Waals surface area contributed by atoms with Gasteiger partial charge in [0.15, 0.2) is 0 Å². The Morgan fingerprint density at radius 3 is 2.69 bits per heavy atom. The average molecular weight is 225 g/mol. The van der Waals surface area contributed by atoms with Crippen LogP contribution in [0.2, 0.25) is 0 Å². The zero-order valence-electron chi connectivity index (χ0n) is 8.73. The number of hydrogen-bond acceptors (Lipinski definition) is 4. The number of nitro groups is 1. The van der Waals surface area contributed by atoms with Gasteiger partial charge in [0.05, 0.1) is 17.2 Å². The molecule has 0 aromatic carbocycles. The molecule has 1 aliphatic rings. The van der Waals surface area contributed by atoms with Crippen molar-refractivity contribution in [3.05, 3.63) is 28.2 Å². The molecule has 16 heavy (non-hydrogen) atoms. The van der Waals surface area contributed by atoms with Crippen molar-refractivity contribution < 1.29 is 9.31 Å². The van der Waals surface area contributed by atoms with Crippen LogP contribution in [0, 0.1) is 15.9 Å². The largest absolute Gasteiger partial charge is 0.351 e. The predicted molar refractivity (Wildman–Crippen MR) is 56.9 cm³/mol. The van der Waals surface area contributed by atoms with E-state index in [0.29, 0.717) is 0 Å². The molecular weight excluding hydrogens is 213 g/mol. The first kappa shape index (κ1) is 10.8. The van der Waals surface area contributed by atoms with Crippen LogP contribution in [0.5, 0.6) is 0 Å². The number of rotatable bonds is 2. The first-order valence-corrected chi connectivity index (χ1v) is 5.23. The van der Waals surface area contributed by atoms with Gasteiger partial charge in [-0.05, 0) is 19.3 Å². The van der Waals surface area contributed by atoms with E-state index in [-0.39, 0.29) is 11.5 Å². The highest BCUT2D eigenvalue weighted by atomic mass is 19.1. The van der Waals surface area contributed by atoms with Crippen LogP contribution in [-0.4, -0.2) is 23.0 Å². The van der Waals surface area contributed by atoms with Gasteiger partial charge in [-0.3, -0.25) is 10.1 Å². The monoisotopic (exact) mass is 225 g/mol. The van der Waals surface area contributed by atoms with Gasteiger partial charge in [0.1, 0.15) is 5.82 Å². The summed E-state index contributed by atoms with van der Waals surface area (Å²) in [7, 11) is 0. The lowest BCUT2D eigenvalue weighted by molar-refractivity contribution is -0.384. The molecule has 0 saturated carbocycles. The first-order chi connectivity index (χ1) is 7.68. The Bertz CT molecular complexity index is 405. The van der Waals surface area contributed by atoms with Crippen molar-refractivity contribution in [1.82, 2.24) is 4.98 Å². The summed E-state index contributed by atoms with van der Waals surface area (Å²) in [6.45, 7) is 1.50. The molecule has 1 aromatic heterocycles. The summed E-state index contributed by atoms with van der Waals surface area (Å²) in [6.07, 6.45) is 4.15. The normalized spacial score (nSPS) is 16.2. The van der Waals surface area contributed by atoms with Crippen molar-refractivity contribution in [2.24, 2.45) is 0 Å². The molecule has 0 bridgehead atoms. The van der Waals surface area contributed by atoms with Crippen LogP contribution in [0.15, 0.2) is 12.3 Å². The topological polar surface area (TPSA) is 59.3 Å². The minimum absolute atomic E-state index is 0.248. The summed E-state index contributed by atoms with van der Waals surface area (Å²) < 4.78 is 12.9. The van der Waals surface area contributed by atoms with Crippen molar-refractivity contribution in [2.75, 3.05) is 18.0 Å². The first-order valence-electron chi connectivity index (χ1n) is 5.23. The molecule has 0 spiro atoms. The van der Waals surface area contributed by atoms with Gasteiger partial charge in [0.2, 0.25) is 5.82 Å². The molecule has 2 rings (SSSR count). The lowest BCUT2D eigenvalue weighted by Crippen LogP contribution is -2.30. The molecule has 0 amide bonds. The van der Waals surface area contributed by atoms with Gasteiger partial charge in [-0.2, -0.15) is 0 Å². The SMILES string of the molecule is O=[N+]([O-])c1cc(F)cnc1N1CCCCC1. The molecular formula is C10H12FN3O2. The fraction of sp³-hybridized carbons (Fsp3) is 0.500. The van der Waals surface area contributed by atoms with Crippen LogP contribution in [0.1, 0.15) is 19.3 Å². The van der Waals surface area contributed by atoms with E-state index in [1.54, 1.807) is 0 Å². The highest BCUT2D eigenvalue weighted by Gasteiger charge is 2.23. The second kappa shape index (κ2) is 4.42. The minimum Gasteiger partial charge on any atom is -0.351 e. The summed E-state index contributed by atoms with van der Waals surface area (Å²) in [5, 5.41) is 10.8. The molecule has 6 heteroatoms. The molecule has 1 saturated heterocycles. The Morgan fingerprint density at radius 1 is 1.38 bits per heavy atom. The smallest absolute Gasteiger partial charge is 0.314 e. The zero-order chi connectivity index (χ0) is 11.5. The Morgan fingerprint density at radius 2 is 2.06 bits per heavy atom. The van der Waals surface area contributed by atoms with Crippen LogP contribution >= 0.6 is 0 Å². The molecule has 0 N–H and O–H groups in total. The van der Waals surface area contributed by atoms with Gasteiger partial charge < -0.3 is 4.90 Å². The van der Waals surface area contributed by atoms with E-state index < -0.39 is 10.7 Å². The number of pyridine rings is 1. The third kappa shape index (κ3) is 2.10. The second-order valence-electron chi connectivity index (χ2n) is 3.80. The number of anilines is 1. The summed E-state index contributed by atoms with van der Waals surface area (Å²) in [5.41, 5.74) is -0.248. The Labute approximate surface area is 92.0 Å². The Hall–Kier alpha value is -1.72. The maximum absolute atomic E-state index is 12.9. The van der Waals surface area contributed by atoms with E-state index in [2.05, 4.69) is 4.98 Å². The number of halogens is 1. The number of hydrogen-bond donors (Lipinski definition) is 0. The van der Waals surface area contributed by atoms with Crippen LogP contribution in [0.4, 0.5) is 15.9 Å². The van der Waals surface area contributed by atoms with Gasteiger partial charge in [0.25, 0.3) is 0 Å². The summed E-state index contributed by atoms with van der Waals surface area (Å²) in [6, 6.07) is 0.928. The van der Waals surface area contributed by atoms with E-state index >= 15 is 0 Å². The van der Waals surface area contributed by atoms with E-state index in [1.807, 2.05) is 4.90 Å². The van der Waals surface area contributed by atoms with Gasteiger partial charge in [0, 0.05) is 13.1 Å². The Kier molecular flexibility index (Phi) is 2.98. The molecule has 0 radical (unpaired) electrons. The quantitative estimate of drug-likeness (QED) is 0.571. The zero-order valence-corrected chi connectivity index (χ0v) is 8.73. The standard InChI is InChI=1S/C10H12FN3O2/c11-8-6-9(14(15)16)10(12-7-8)13-4-2-1-3-5-13/h6-7H,1-5H2. The molecule has 2 heterocycles. The van der Waals surface area contributed by atoms with Crippen LogP contribution in [-0.2, 0) is 0 Å². The molecule has 5 nitrogen and oxygen atoms in total. The number of aromatic nitrogens is 1. The van der Waals surface area contributed by atoms with Gasteiger partial charge in [-0.15, -0.1) is 0 Å². The van der Waals surface area contributed by atoms with Crippen molar-refractivity contribution in [3.8, 4) is 0 Å². The van der Waals surface area contributed by atoms with Gasteiger partial charge >= 0.3 is 5.69 Å². The third-order valence-corrected chi connectivity index (χ3v) is 2.67. The second-order valence-corrected chi connectivity index (χ2v) is 3.80. The van der Waals surface area contributed by atoms with E-state index in [1.165, 1.54) is 0 Å². The van der Waals surface area contributed by atoms with Crippen molar-refractivity contribution in [2.45, 2.75) is 19.3 Å². The maximum Gasteiger partial charge on any atom is 0.314 e. The van der Waals surface area contributed by atoms with Gasteiger partial charge in [-0.1, -0.05) is 0 Å².